The summed E-state index contributed by atoms with van der Waals surface area (Å²) in [7, 11) is 0. The summed E-state index contributed by atoms with van der Waals surface area (Å²) in [5.74, 6) is 1.34. The summed E-state index contributed by atoms with van der Waals surface area (Å²) >= 11 is 3.43. The third-order valence-corrected chi connectivity index (χ3v) is 4.26. The average molecular weight is 383 g/mol. The zero-order chi connectivity index (χ0) is 17.1. The first-order valence-corrected chi connectivity index (χ1v) is 8.51. The molecule has 3 rings (SSSR count). The molecule has 0 amide bonds. The Balaban J connectivity index is 1.82. The largest absolute Gasteiger partial charge is 0.340 e. The molecule has 24 heavy (non-hydrogen) atoms. The minimum atomic E-state index is 0.573. The van der Waals surface area contributed by atoms with E-state index in [0.29, 0.717) is 5.95 Å². The van der Waals surface area contributed by atoms with Crippen LogP contribution in [-0.4, -0.2) is 9.97 Å². The standard InChI is InChI=1S/C19H19BrN4/c1-12-4-7-17(10-13(12)2)22-18-11-14(3)21-19(24-18)23-16-8-5-15(20)6-9-16/h4-11H,1-3H3,(H2,21,22,23,24). The molecule has 5 heteroatoms. The molecule has 3 aromatic rings. The Kier molecular flexibility index (Phi) is 4.81. The molecule has 0 aliphatic carbocycles. The van der Waals surface area contributed by atoms with Gasteiger partial charge in [0.2, 0.25) is 5.95 Å². The van der Waals surface area contributed by atoms with Crippen LogP contribution in [0.4, 0.5) is 23.1 Å². The van der Waals surface area contributed by atoms with E-state index >= 15 is 0 Å². The lowest BCUT2D eigenvalue weighted by Crippen LogP contribution is -2.02. The molecule has 1 aromatic heterocycles. The highest BCUT2D eigenvalue weighted by molar-refractivity contribution is 9.10. The number of rotatable bonds is 4. The third-order valence-electron chi connectivity index (χ3n) is 3.73. The summed E-state index contributed by atoms with van der Waals surface area (Å²) in [6, 6.07) is 16.1. The monoisotopic (exact) mass is 382 g/mol. The van der Waals surface area contributed by atoms with Gasteiger partial charge < -0.3 is 10.6 Å². The predicted octanol–water partition coefficient (Wildman–Crippen LogP) is 5.65. The van der Waals surface area contributed by atoms with Crippen LogP contribution in [0, 0.1) is 20.8 Å². The van der Waals surface area contributed by atoms with Crippen LogP contribution in [0.15, 0.2) is 53.0 Å². The van der Waals surface area contributed by atoms with Crippen molar-refractivity contribution >= 4 is 39.1 Å². The van der Waals surface area contributed by atoms with Gasteiger partial charge in [-0.3, -0.25) is 0 Å². The van der Waals surface area contributed by atoms with Gasteiger partial charge in [-0.2, -0.15) is 4.98 Å². The molecule has 0 saturated heterocycles. The van der Waals surface area contributed by atoms with Gasteiger partial charge >= 0.3 is 0 Å². The number of benzene rings is 2. The average Bonchev–Trinajstić information content (AvgIpc) is 2.53. The first-order valence-electron chi connectivity index (χ1n) is 7.72. The first-order chi connectivity index (χ1) is 11.5. The quantitative estimate of drug-likeness (QED) is 0.611. The van der Waals surface area contributed by atoms with E-state index < -0.39 is 0 Å². The highest BCUT2D eigenvalue weighted by atomic mass is 79.9. The topological polar surface area (TPSA) is 49.8 Å². The lowest BCUT2D eigenvalue weighted by Gasteiger charge is -2.11. The molecule has 2 N–H and O–H groups in total. The van der Waals surface area contributed by atoms with E-state index in [-0.39, 0.29) is 0 Å². The van der Waals surface area contributed by atoms with Gasteiger partial charge in [-0.25, -0.2) is 4.98 Å². The van der Waals surface area contributed by atoms with Crippen molar-refractivity contribution in [3.05, 3.63) is 69.8 Å². The van der Waals surface area contributed by atoms with Crippen LogP contribution in [0.5, 0.6) is 0 Å². The molecule has 4 nitrogen and oxygen atoms in total. The second-order valence-electron chi connectivity index (χ2n) is 5.77. The van der Waals surface area contributed by atoms with Gasteiger partial charge in [0.25, 0.3) is 0 Å². The summed E-state index contributed by atoms with van der Waals surface area (Å²) in [5, 5.41) is 6.59. The summed E-state index contributed by atoms with van der Waals surface area (Å²) in [6.07, 6.45) is 0. The smallest absolute Gasteiger partial charge is 0.229 e. The SMILES string of the molecule is Cc1cc(Nc2ccc(C)c(C)c2)nc(Nc2ccc(Br)cc2)n1. The van der Waals surface area contributed by atoms with Crippen molar-refractivity contribution in [1.82, 2.24) is 9.97 Å². The highest BCUT2D eigenvalue weighted by Crippen LogP contribution is 2.22. The molecule has 0 unspecified atom stereocenters. The second kappa shape index (κ2) is 7.01. The molecule has 122 valence electrons. The number of nitrogens with zero attached hydrogens (tertiary/aromatic N) is 2. The Morgan fingerprint density at radius 2 is 1.46 bits per heavy atom. The third kappa shape index (κ3) is 4.11. The number of hydrogen-bond acceptors (Lipinski definition) is 4. The van der Waals surface area contributed by atoms with E-state index in [1.165, 1.54) is 11.1 Å². The van der Waals surface area contributed by atoms with Crippen molar-refractivity contribution < 1.29 is 0 Å². The number of halogens is 1. The number of aryl methyl sites for hydroxylation is 3. The van der Waals surface area contributed by atoms with Crippen LogP contribution in [0.1, 0.15) is 16.8 Å². The van der Waals surface area contributed by atoms with E-state index in [2.05, 4.69) is 68.6 Å². The summed E-state index contributed by atoms with van der Waals surface area (Å²) in [6.45, 7) is 6.17. The molecule has 2 aromatic carbocycles. The van der Waals surface area contributed by atoms with Crippen LogP contribution in [0.2, 0.25) is 0 Å². The molecular formula is C19H19BrN4. The van der Waals surface area contributed by atoms with Crippen LogP contribution < -0.4 is 10.6 Å². The Morgan fingerprint density at radius 1 is 0.750 bits per heavy atom. The highest BCUT2D eigenvalue weighted by Gasteiger charge is 2.04. The molecule has 0 saturated carbocycles. The van der Waals surface area contributed by atoms with Crippen LogP contribution in [-0.2, 0) is 0 Å². The van der Waals surface area contributed by atoms with Gasteiger partial charge in [-0.15, -0.1) is 0 Å². The second-order valence-corrected chi connectivity index (χ2v) is 6.69. The Morgan fingerprint density at radius 3 is 2.17 bits per heavy atom. The number of hydrogen-bond donors (Lipinski definition) is 2. The molecule has 0 spiro atoms. The molecule has 0 aliphatic heterocycles. The van der Waals surface area contributed by atoms with Crippen molar-refractivity contribution in [1.29, 1.82) is 0 Å². The molecule has 0 aliphatic rings. The van der Waals surface area contributed by atoms with Gasteiger partial charge in [-0.05, 0) is 68.3 Å². The number of aromatic nitrogens is 2. The maximum absolute atomic E-state index is 4.55. The van der Waals surface area contributed by atoms with Crippen molar-refractivity contribution in [2.45, 2.75) is 20.8 Å². The van der Waals surface area contributed by atoms with E-state index in [4.69, 9.17) is 0 Å². The molecule has 0 atom stereocenters. The minimum Gasteiger partial charge on any atom is -0.340 e. The van der Waals surface area contributed by atoms with Gasteiger partial charge in [0, 0.05) is 27.6 Å². The molecule has 1 heterocycles. The fourth-order valence-electron chi connectivity index (χ4n) is 2.32. The van der Waals surface area contributed by atoms with E-state index in [1.54, 1.807) is 0 Å². The van der Waals surface area contributed by atoms with Crippen LogP contribution >= 0.6 is 15.9 Å². The van der Waals surface area contributed by atoms with Crippen LogP contribution in [0.3, 0.4) is 0 Å². The van der Waals surface area contributed by atoms with E-state index in [1.807, 2.05) is 37.3 Å². The van der Waals surface area contributed by atoms with E-state index in [0.717, 1.165) is 27.4 Å². The van der Waals surface area contributed by atoms with Crippen molar-refractivity contribution in [2.24, 2.45) is 0 Å². The van der Waals surface area contributed by atoms with Crippen molar-refractivity contribution in [3.8, 4) is 0 Å². The van der Waals surface area contributed by atoms with Gasteiger partial charge in [0.1, 0.15) is 5.82 Å². The number of nitrogens with one attached hydrogen (secondary N) is 2. The van der Waals surface area contributed by atoms with Gasteiger partial charge in [0.05, 0.1) is 0 Å². The van der Waals surface area contributed by atoms with Crippen molar-refractivity contribution in [3.63, 3.8) is 0 Å². The fourth-order valence-corrected chi connectivity index (χ4v) is 2.58. The summed E-state index contributed by atoms with van der Waals surface area (Å²) in [5.41, 5.74) is 5.39. The fraction of sp³-hybridized carbons (Fsp3) is 0.158. The Hall–Kier alpha value is -2.40. The van der Waals surface area contributed by atoms with E-state index in [9.17, 15) is 0 Å². The zero-order valence-corrected chi connectivity index (χ0v) is 15.5. The minimum absolute atomic E-state index is 0.573. The lowest BCUT2D eigenvalue weighted by atomic mass is 10.1. The summed E-state index contributed by atoms with van der Waals surface area (Å²) in [4.78, 5) is 9.00. The molecule has 0 fully saturated rings. The molecule has 0 radical (unpaired) electrons. The first kappa shape index (κ1) is 16.5. The summed E-state index contributed by atoms with van der Waals surface area (Å²) < 4.78 is 1.04. The van der Waals surface area contributed by atoms with Gasteiger partial charge in [0.15, 0.2) is 0 Å². The van der Waals surface area contributed by atoms with Crippen molar-refractivity contribution in [2.75, 3.05) is 10.6 Å². The van der Waals surface area contributed by atoms with Gasteiger partial charge in [-0.1, -0.05) is 22.0 Å². The number of anilines is 4. The molecule has 0 bridgehead atoms. The maximum Gasteiger partial charge on any atom is 0.229 e. The maximum atomic E-state index is 4.55. The Bertz CT molecular complexity index is 860. The normalized spacial score (nSPS) is 10.5. The Labute approximate surface area is 150 Å². The lowest BCUT2D eigenvalue weighted by molar-refractivity contribution is 1.11. The predicted molar refractivity (Wildman–Crippen MR) is 103 cm³/mol. The van der Waals surface area contributed by atoms with Crippen LogP contribution in [0.25, 0.3) is 0 Å². The molecular weight excluding hydrogens is 364 g/mol. The zero-order valence-electron chi connectivity index (χ0n) is 13.9.